The van der Waals surface area contributed by atoms with Gasteiger partial charge in [0.25, 0.3) is 0 Å². The van der Waals surface area contributed by atoms with E-state index in [1.165, 1.54) is 0 Å². The zero-order valence-electron chi connectivity index (χ0n) is 20.0. The molecule has 0 bridgehead atoms. The van der Waals surface area contributed by atoms with Crippen LogP contribution in [0.1, 0.15) is 11.1 Å². The molecule has 0 unspecified atom stereocenters. The number of rotatable bonds is 10. The van der Waals surface area contributed by atoms with Gasteiger partial charge in [-0.2, -0.15) is 0 Å². The lowest BCUT2D eigenvalue weighted by molar-refractivity contribution is -0.120. The predicted octanol–water partition coefficient (Wildman–Crippen LogP) is 4.35. The summed E-state index contributed by atoms with van der Waals surface area (Å²) in [6.07, 6.45) is 0.997. The highest BCUT2D eigenvalue weighted by Crippen LogP contribution is 2.33. The van der Waals surface area contributed by atoms with Crippen LogP contribution in [0.5, 0.6) is 17.2 Å². The maximum absolute atomic E-state index is 12.4. The first-order chi connectivity index (χ1) is 15.9. The lowest BCUT2D eigenvalue weighted by atomic mass is 10.0. The molecule has 6 heteroatoms. The summed E-state index contributed by atoms with van der Waals surface area (Å²) in [5.74, 6) is 2.05. The predicted molar refractivity (Wildman–Crippen MR) is 133 cm³/mol. The van der Waals surface area contributed by atoms with E-state index in [2.05, 4.69) is 40.5 Å². The number of carbonyl (C=O) groups is 1. The first-order valence-electron chi connectivity index (χ1n) is 10.9. The third-order valence-corrected chi connectivity index (χ3v) is 5.49. The SMILES string of the molecule is COc1ccc(CC(=O)NCCc2ccc(-c3cccc(N(C)C)c3)c(OC)c2)cc1OC. The maximum atomic E-state index is 12.4. The van der Waals surface area contributed by atoms with Crippen LogP contribution < -0.4 is 24.4 Å². The summed E-state index contributed by atoms with van der Waals surface area (Å²) in [4.78, 5) is 14.5. The number of ether oxygens (including phenoxy) is 3. The standard InChI is InChI=1S/C27H32N2O4/c1-29(2)22-8-6-7-21(18-22)23-11-9-19(15-25(23)32-4)13-14-28-27(30)17-20-10-12-24(31-3)26(16-20)33-5/h6-12,15-16,18H,13-14,17H2,1-5H3,(H,28,30). The highest BCUT2D eigenvalue weighted by atomic mass is 16.5. The Morgan fingerprint density at radius 1 is 0.818 bits per heavy atom. The van der Waals surface area contributed by atoms with Crippen molar-refractivity contribution in [3.8, 4) is 28.4 Å². The Kier molecular flexibility index (Phi) is 8.19. The molecule has 0 aromatic heterocycles. The van der Waals surface area contributed by atoms with Crippen LogP contribution in [0.2, 0.25) is 0 Å². The van der Waals surface area contributed by atoms with Gasteiger partial charge < -0.3 is 24.4 Å². The van der Waals surface area contributed by atoms with Crippen molar-refractivity contribution in [2.75, 3.05) is 46.9 Å². The minimum Gasteiger partial charge on any atom is -0.496 e. The zero-order valence-corrected chi connectivity index (χ0v) is 20.0. The summed E-state index contributed by atoms with van der Waals surface area (Å²) >= 11 is 0. The molecule has 0 radical (unpaired) electrons. The monoisotopic (exact) mass is 448 g/mol. The summed E-state index contributed by atoms with van der Waals surface area (Å²) in [5, 5.41) is 2.99. The summed E-state index contributed by atoms with van der Waals surface area (Å²) in [5.41, 5.74) is 5.26. The Morgan fingerprint density at radius 3 is 2.21 bits per heavy atom. The van der Waals surface area contributed by atoms with Crippen molar-refractivity contribution >= 4 is 11.6 Å². The molecule has 0 saturated heterocycles. The summed E-state index contributed by atoms with van der Waals surface area (Å²) in [6, 6.07) is 20.1. The van der Waals surface area contributed by atoms with Crippen molar-refractivity contribution < 1.29 is 19.0 Å². The van der Waals surface area contributed by atoms with Gasteiger partial charge in [0.1, 0.15) is 5.75 Å². The number of anilines is 1. The Balaban J connectivity index is 1.60. The third-order valence-electron chi connectivity index (χ3n) is 5.49. The van der Waals surface area contributed by atoms with Gasteiger partial charge in [-0.15, -0.1) is 0 Å². The summed E-state index contributed by atoms with van der Waals surface area (Å²) in [7, 11) is 8.91. The van der Waals surface area contributed by atoms with Crippen LogP contribution in [0.15, 0.2) is 60.7 Å². The van der Waals surface area contributed by atoms with E-state index >= 15 is 0 Å². The normalized spacial score (nSPS) is 10.5. The lowest BCUT2D eigenvalue weighted by Crippen LogP contribution is -2.27. The van der Waals surface area contributed by atoms with Crippen molar-refractivity contribution in [2.24, 2.45) is 0 Å². The van der Waals surface area contributed by atoms with Crippen molar-refractivity contribution in [3.63, 3.8) is 0 Å². The molecule has 0 spiro atoms. The van der Waals surface area contributed by atoms with E-state index in [1.807, 2.05) is 44.4 Å². The Labute approximate surface area is 196 Å². The largest absolute Gasteiger partial charge is 0.496 e. The van der Waals surface area contributed by atoms with E-state index in [4.69, 9.17) is 14.2 Å². The van der Waals surface area contributed by atoms with Gasteiger partial charge in [-0.1, -0.05) is 30.3 Å². The minimum absolute atomic E-state index is 0.0358. The number of nitrogens with one attached hydrogen (secondary N) is 1. The molecule has 0 aliphatic heterocycles. The topological polar surface area (TPSA) is 60.0 Å². The Hall–Kier alpha value is -3.67. The molecule has 3 aromatic carbocycles. The minimum atomic E-state index is -0.0358. The van der Waals surface area contributed by atoms with Gasteiger partial charge in [0.2, 0.25) is 5.91 Å². The van der Waals surface area contributed by atoms with Gasteiger partial charge in [0.15, 0.2) is 11.5 Å². The molecule has 174 valence electrons. The molecule has 0 aliphatic rings. The molecule has 6 nitrogen and oxygen atoms in total. The fraction of sp³-hybridized carbons (Fsp3) is 0.296. The molecule has 0 saturated carbocycles. The van der Waals surface area contributed by atoms with Gasteiger partial charge in [-0.3, -0.25) is 4.79 Å². The average Bonchev–Trinajstić information content (AvgIpc) is 2.83. The number of benzene rings is 3. The van der Waals surface area contributed by atoms with Crippen LogP contribution in [0.4, 0.5) is 5.69 Å². The van der Waals surface area contributed by atoms with E-state index in [0.717, 1.165) is 33.7 Å². The molecule has 1 amide bonds. The van der Waals surface area contributed by atoms with Crippen molar-refractivity contribution in [1.82, 2.24) is 5.32 Å². The smallest absolute Gasteiger partial charge is 0.224 e. The first-order valence-corrected chi connectivity index (χ1v) is 10.9. The van der Waals surface area contributed by atoms with Crippen LogP contribution in [-0.2, 0) is 17.6 Å². The highest BCUT2D eigenvalue weighted by Gasteiger charge is 2.10. The molecule has 0 fully saturated rings. The zero-order chi connectivity index (χ0) is 23.8. The molecule has 1 N–H and O–H groups in total. The van der Waals surface area contributed by atoms with Gasteiger partial charge in [-0.05, 0) is 53.4 Å². The average molecular weight is 449 g/mol. The summed E-state index contributed by atoms with van der Waals surface area (Å²) in [6.45, 7) is 0.546. The van der Waals surface area contributed by atoms with Crippen LogP contribution in [0, 0.1) is 0 Å². The molecule has 0 aliphatic carbocycles. The van der Waals surface area contributed by atoms with E-state index in [9.17, 15) is 4.79 Å². The second-order valence-electron chi connectivity index (χ2n) is 7.95. The van der Waals surface area contributed by atoms with Gasteiger partial charge in [0, 0.05) is 31.9 Å². The van der Waals surface area contributed by atoms with Gasteiger partial charge in [-0.25, -0.2) is 0 Å². The third kappa shape index (κ3) is 6.19. The second-order valence-corrected chi connectivity index (χ2v) is 7.95. The molecule has 0 heterocycles. The fourth-order valence-corrected chi connectivity index (χ4v) is 3.67. The van der Waals surface area contributed by atoms with E-state index in [0.29, 0.717) is 24.5 Å². The first kappa shape index (κ1) is 24.0. The lowest BCUT2D eigenvalue weighted by Gasteiger charge is -2.16. The molecular formula is C27H32N2O4. The van der Waals surface area contributed by atoms with E-state index in [1.54, 1.807) is 21.3 Å². The van der Waals surface area contributed by atoms with Crippen LogP contribution in [0.3, 0.4) is 0 Å². The molecular weight excluding hydrogens is 416 g/mol. The maximum Gasteiger partial charge on any atom is 0.224 e. The number of methoxy groups -OCH3 is 3. The van der Waals surface area contributed by atoms with Crippen molar-refractivity contribution in [2.45, 2.75) is 12.8 Å². The van der Waals surface area contributed by atoms with Gasteiger partial charge >= 0.3 is 0 Å². The highest BCUT2D eigenvalue weighted by molar-refractivity contribution is 5.79. The molecule has 33 heavy (non-hydrogen) atoms. The summed E-state index contributed by atoms with van der Waals surface area (Å²) < 4.78 is 16.2. The Bertz CT molecular complexity index is 1100. The number of hydrogen-bond donors (Lipinski definition) is 1. The van der Waals surface area contributed by atoms with Crippen LogP contribution >= 0.6 is 0 Å². The van der Waals surface area contributed by atoms with Crippen molar-refractivity contribution in [1.29, 1.82) is 0 Å². The number of hydrogen-bond acceptors (Lipinski definition) is 5. The molecule has 3 aromatic rings. The van der Waals surface area contributed by atoms with Crippen LogP contribution in [0.25, 0.3) is 11.1 Å². The fourth-order valence-electron chi connectivity index (χ4n) is 3.67. The number of nitrogens with zero attached hydrogens (tertiary/aromatic N) is 1. The molecule has 0 atom stereocenters. The number of amides is 1. The van der Waals surface area contributed by atoms with E-state index in [-0.39, 0.29) is 12.3 Å². The molecule has 3 rings (SSSR count). The quantitative estimate of drug-likeness (QED) is 0.500. The Morgan fingerprint density at radius 2 is 1.52 bits per heavy atom. The number of carbonyl (C=O) groups excluding carboxylic acids is 1. The van der Waals surface area contributed by atoms with Crippen LogP contribution in [-0.4, -0.2) is 47.9 Å². The van der Waals surface area contributed by atoms with Gasteiger partial charge in [0.05, 0.1) is 27.8 Å². The van der Waals surface area contributed by atoms with E-state index < -0.39 is 0 Å². The van der Waals surface area contributed by atoms with Crippen molar-refractivity contribution in [3.05, 3.63) is 71.8 Å². The second kappa shape index (κ2) is 11.3.